The maximum absolute atomic E-state index is 5.39. The number of hydrogen-bond donors (Lipinski definition) is 0. The van der Waals surface area contributed by atoms with E-state index in [-0.39, 0.29) is 0 Å². The van der Waals surface area contributed by atoms with Gasteiger partial charge in [-0.3, -0.25) is 5.01 Å². The fourth-order valence-electron chi connectivity index (χ4n) is 5.85. The van der Waals surface area contributed by atoms with E-state index >= 15 is 0 Å². The van der Waals surface area contributed by atoms with Crippen molar-refractivity contribution in [2.75, 3.05) is 6.54 Å². The van der Waals surface area contributed by atoms with Crippen LogP contribution >= 0.6 is 0 Å². The molecule has 0 amide bonds. The third kappa shape index (κ3) is 5.27. The molecule has 4 rings (SSSR count). The first-order valence-corrected chi connectivity index (χ1v) is 13.2. The molecule has 2 aromatic carbocycles. The van der Waals surface area contributed by atoms with E-state index in [2.05, 4.69) is 80.4 Å². The molecular formula is C30H42N2. The fourth-order valence-corrected chi connectivity index (χ4v) is 5.85. The summed E-state index contributed by atoms with van der Waals surface area (Å²) in [6, 6.07) is 20.7. The third-order valence-electron chi connectivity index (χ3n) is 7.93. The van der Waals surface area contributed by atoms with Crippen LogP contribution in [0.2, 0.25) is 0 Å². The van der Waals surface area contributed by atoms with Gasteiger partial charge in [0.1, 0.15) is 0 Å². The molecule has 1 heterocycles. The summed E-state index contributed by atoms with van der Waals surface area (Å²) in [5, 5.41) is 7.92. The van der Waals surface area contributed by atoms with Gasteiger partial charge in [0.2, 0.25) is 0 Å². The van der Waals surface area contributed by atoms with E-state index in [0.717, 1.165) is 24.8 Å². The molecule has 32 heavy (non-hydrogen) atoms. The Kier molecular flexibility index (Phi) is 8.05. The molecule has 0 radical (unpaired) electrons. The topological polar surface area (TPSA) is 15.6 Å². The normalized spacial score (nSPS) is 25.7. The number of nitrogens with zero attached hydrogens (tertiary/aromatic N) is 2. The van der Waals surface area contributed by atoms with Gasteiger partial charge in [0.15, 0.2) is 0 Å². The van der Waals surface area contributed by atoms with Crippen LogP contribution in [-0.4, -0.2) is 23.3 Å². The van der Waals surface area contributed by atoms with E-state index in [9.17, 15) is 0 Å². The monoisotopic (exact) mass is 430 g/mol. The van der Waals surface area contributed by atoms with Crippen molar-refractivity contribution < 1.29 is 0 Å². The molecular weight excluding hydrogens is 388 g/mol. The zero-order valence-corrected chi connectivity index (χ0v) is 20.5. The van der Waals surface area contributed by atoms with E-state index < -0.39 is 0 Å². The van der Waals surface area contributed by atoms with Gasteiger partial charge < -0.3 is 0 Å². The van der Waals surface area contributed by atoms with Crippen molar-refractivity contribution in [2.45, 2.75) is 90.5 Å². The molecule has 0 saturated heterocycles. The van der Waals surface area contributed by atoms with Gasteiger partial charge in [-0.1, -0.05) is 107 Å². The zero-order chi connectivity index (χ0) is 22.3. The molecule has 0 bridgehead atoms. The molecule has 0 aromatic heterocycles. The summed E-state index contributed by atoms with van der Waals surface area (Å²) in [7, 11) is 0. The number of aryl methyl sites for hydroxylation is 1. The first-order valence-electron chi connectivity index (χ1n) is 13.2. The van der Waals surface area contributed by atoms with Gasteiger partial charge >= 0.3 is 0 Å². The van der Waals surface area contributed by atoms with E-state index in [4.69, 9.17) is 5.10 Å². The highest BCUT2D eigenvalue weighted by Gasteiger charge is 2.39. The zero-order valence-electron chi connectivity index (χ0n) is 20.5. The molecule has 2 atom stereocenters. The van der Waals surface area contributed by atoms with Crippen molar-refractivity contribution in [3.8, 4) is 0 Å². The standard InChI is InChI=1S/C30H42N2/c1-4-7-16-28-29(27-15-11-12-24(6-3)21-27)30(26-13-9-8-10-14-26)31-32(28)22-25-19-17-23(5-2)18-20-25/h8-15,21,23,25,28-29H,4-7,16-20,22H2,1-3H3. The fraction of sp³-hybridized carbons (Fsp3) is 0.567. The quantitative estimate of drug-likeness (QED) is 0.396. The lowest BCUT2D eigenvalue weighted by Crippen LogP contribution is -2.36. The Morgan fingerprint density at radius 1 is 0.875 bits per heavy atom. The number of hydrazone groups is 1. The van der Waals surface area contributed by atoms with Crippen molar-refractivity contribution in [3.05, 3.63) is 71.3 Å². The summed E-state index contributed by atoms with van der Waals surface area (Å²) in [6.07, 6.45) is 11.7. The number of rotatable bonds is 9. The van der Waals surface area contributed by atoms with E-state index in [1.165, 1.54) is 73.8 Å². The second kappa shape index (κ2) is 11.2. The van der Waals surface area contributed by atoms with Crippen LogP contribution < -0.4 is 0 Å². The molecule has 2 aromatic rings. The number of unbranched alkanes of at least 4 members (excludes halogenated alkanes) is 1. The Morgan fingerprint density at radius 2 is 1.62 bits per heavy atom. The summed E-state index contributed by atoms with van der Waals surface area (Å²) in [5.41, 5.74) is 5.45. The molecule has 1 aliphatic carbocycles. The van der Waals surface area contributed by atoms with Gasteiger partial charge in [-0.25, -0.2) is 0 Å². The van der Waals surface area contributed by atoms with Crippen molar-refractivity contribution in [2.24, 2.45) is 16.9 Å². The smallest absolute Gasteiger partial charge is 0.0773 e. The lowest BCUT2D eigenvalue weighted by Gasteiger charge is -2.34. The van der Waals surface area contributed by atoms with Crippen molar-refractivity contribution in [1.82, 2.24) is 5.01 Å². The Balaban J connectivity index is 1.66. The molecule has 2 unspecified atom stereocenters. The lowest BCUT2D eigenvalue weighted by atomic mass is 9.79. The van der Waals surface area contributed by atoms with Crippen LogP contribution in [0, 0.1) is 11.8 Å². The second-order valence-corrected chi connectivity index (χ2v) is 10.1. The SMILES string of the molecule is CCCCC1C(c2cccc(CC)c2)C(c2ccccc2)=NN1CC1CCC(CC)CC1. The van der Waals surface area contributed by atoms with Crippen LogP contribution in [0.4, 0.5) is 0 Å². The van der Waals surface area contributed by atoms with Gasteiger partial charge in [-0.05, 0) is 54.2 Å². The van der Waals surface area contributed by atoms with E-state index in [0.29, 0.717) is 12.0 Å². The largest absolute Gasteiger partial charge is 0.292 e. The lowest BCUT2D eigenvalue weighted by molar-refractivity contribution is 0.143. The van der Waals surface area contributed by atoms with Crippen molar-refractivity contribution in [1.29, 1.82) is 0 Å². The minimum Gasteiger partial charge on any atom is -0.292 e. The van der Waals surface area contributed by atoms with E-state index in [1.807, 2.05) is 0 Å². The number of hydrogen-bond acceptors (Lipinski definition) is 2. The molecule has 2 nitrogen and oxygen atoms in total. The van der Waals surface area contributed by atoms with Gasteiger partial charge in [-0.2, -0.15) is 5.10 Å². The van der Waals surface area contributed by atoms with Crippen LogP contribution in [0.5, 0.6) is 0 Å². The molecule has 2 heteroatoms. The highest BCUT2D eigenvalue weighted by molar-refractivity contribution is 6.06. The highest BCUT2D eigenvalue weighted by Crippen LogP contribution is 2.39. The van der Waals surface area contributed by atoms with Crippen LogP contribution in [-0.2, 0) is 6.42 Å². The summed E-state index contributed by atoms with van der Waals surface area (Å²) in [5.74, 6) is 2.11. The first-order chi connectivity index (χ1) is 15.7. The van der Waals surface area contributed by atoms with Crippen molar-refractivity contribution >= 4 is 5.71 Å². The molecule has 2 aliphatic rings. The van der Waals surface area contributed by atoms with Gasteiger partial charge in [0.05, 0.1) is 17.7 Å². The maximum Gasteiger partial charge on any atom is 0.0773 e. The summed E-state index contributed by atoms with van der Waals surface area (Å²) in [4.78, 5) is 0. The van der Waals surface area contributed by atoms with Gasteiger partial charge in [0.25, 0.3) is 0 Å². The summed E-state index contributed by atoms with van der Waals surface area (Å²) in [6.45, 7) is 8.06. The molecule has 0 N–H and O–H groups in total. The van der Waals surface area contributed by atoms with Gasteiger partial charge in [0, 0.05) is 6.54 Å². The number of benzene rings is 2. The Morgan fingerprint density at radius 3 is 2.31 bits per heavy atom. The van der Waals surface area contributed by atoms with Crippen LogP contribution in [0.25, 0.3) is 0 Å². The molecule has 0 spiro atoms. The second-order valence-electron chi connectivity index (χ2n) is 10.1. The molecule has 1 saturated carbocycles. The first kappa shape index (κ1) is 23.1. The van der Waals surface area contributed by atoms with Crippen LogP contribution in [0.1, 0.15) is 94.7 Å². The highest BCUT2D eigenvalue weighted by atomic mass is 15.5. The average molecular weight is 431 g/mol. The molecule has 172 valence electrons. The van der Waals surface area contributed by atoms with Crippen LogP contribution in [0.15, 0.2) is 59.7 Å². The molecule has 1 fully saturated rings. The third-order valence-corrected chi connectivity index (χ3v) is 7.93. The van der Waals surface area contributed by atoms with Crippen molar-refractivity contribution in [3.63, 3.8) is 0 Å². The summed E-state index contributed by atoms with van der Waals surface area (Å²) < 4.78 is 0. The Labute approximate surface area is 196 Å². The Hall–Kier alpha value is -2.09. The maximum atomic E-state index is 5.39. The van der Waals surface area contributed by atoms with E-state index in [1.54, 1.807) is 0 Å². The predicted molar refractivity (Wildman–Crippen MR) is 137 cm³/mol. The Bertz CT molecular complexity index is 863. The predicted octanol–water partition coefficient (Wildman–Crippen LogP) is 7.83. The minimum absolute atomic E-state index is 0.363. The molecule has 1 aliphatic heterocycles. The van der Waals surface area contributed by atoms with Gasteiger partial charge in [-0.15, -0.1) is 0 Å². The summed E-state index contributed by atoms with van der Waals surface area (Å²) >= 11 is 0. The van der Waals surface area contributed by atoms with Crippen LogP contribution in [0.3, 0.4) is 0 Å². The average Bonchev–Trinajstić information content (AvgIpc) is 3.21. The minimum atomic E-state index is 0.363.